The third-order valence-corrected chi connectivity index (χ3v) is 5.78. The van der Waals surface area contributed by atoms with Crippen molar-refractivity contribution >= 4 is 33.2 Å². The summed E-state index contributed by atoms with van der Waals surface area (Å²) in [6.45, 7) is 7.15. The van der Waals surface area contributed by atoms with Crippen molar-refractivity contribution in [1.82, 2.24) is 0 Å². The van der Waals surface area contributed by atoms with Crippen LogP contribution in [-0.2, 0) is 14.6 Å². The van der Waals surface area contributed by atoms with Crippen molar-refractivity contribution in [3.05, 3.63) is 63.2 Å². The van der Waals surface area contributed by atoms with Gasteiger partial charge in [0.15, 0.2) is 15.9 Å². The maximum absolute atomic E-state index is 12.7. The highest BCUT2D eigenvalue weighted by Gasteiger charge is 2.24. The summed E-state index contributed by atoms with van der Waals surface area (Å²) in [5.74, 6) is -1.19. The molecule has 2 aromatic rings. The van der Waals surface area contributed by atoms with Crippen molar-refractivity contribution < 1.29 is 22.7 Å². The standard InChI is InChI=1S/C20H21ClO5S/c1-11-8-13(3)16(9-12(11)2)19(22)14(4)26-20(23)17-10-15(27(5,24)25)6-7-18(17)21/h6-10,14H,1-5H3/t14-/m1/s1. The molecular formula is C20H21ClO5S. The monoisotopic (exact) mass is 408 g/mol. The third kappa shape index (κ3) is 4.76. The number of ketones is 1. The predicted molar refractivity (Wildman–Crippen MR) is 104 cm³/mol. The van der Waals surface area contributed by atoms with Crippen LogP contribution in [0.1, 0.15) is 44.3 Å². The molecule has 5 nitrogen and oxygen atoms in total. The first-order chi connectivity index (χ1) is 12.4. The molecule has 0 radical (unpaired) electrons. The molecule has 7 heteroatoms. The lowest BCUT2D eigenvalue weighted by Crippen LogP contribution is -2.25. The number of Topliss-reactive ketones (excluding diaryl/α,β-unsaturated/α-hetero) is 1. The van der Waals surface area contributed by atoms with Gasteiger partial charge in [0.25, 0.3) is 0 Å². The molecule has 0 saturated heterocycles. The molecule has 0 fully saturated rings. The van der Waals surface area contributed by atoms with Crippen molar-refractivity contribution in [2.45, 2.75) is 38.7 Å². The van der Waals surface area contributed by atoms with Crippen molar-refractivity contribution in [3.8, 4) is 0 Å². The Balaban J connectivity index is 2.28. The van der Waals surface area contributed by atoms with Gasteiger partial charge in [0.2, 0.25) is 5.78 Å². The average Bonchev–Trinajstić information content (AvgIpc) is 2.56. The minimum atomic E-state index is -3.51. The van der Waals surface area contributed by atoms with Crippen molar-refractivity contribution in [2.75, 3.05) is 6.26 Å². The van der Waals surface area contributed by atoms with Gasteiger partial charge in [-0.2, -0.15) is 0 Å². The number of rotatable bonds is 5. The van der Waals surface area contributed by atoms with E-state index in [0.717, 1.165) is 29.0 Å². The SMILES string of the molecule is Cc1cc(C)c(C(=O)[C@@H](C)OC(=O)c2cc(S(C)(=O)=O)ccc2Cl)cc1C. The molecule has 0 saturated carbocycles. The van der Waals surface area contributed by atoms with Crippen LogP contribution in [0.3, 0.4) is 0 Å². The zero-order valence-electron chi connectivity index (χ0n) is 15.8. The van der Waals surface area contributed by atoms with Crippen LogP contribution in [0.5, 0.6) is 0 Å². The lowest BCUT2D eigenvalue weighted by atomic mass is 9.96. The molecule has 27 heavy (non-hydrogen) atoms. The van der Waals surface area contributed by atoms with E-state index in [0.29, 0.717) is 5.56 Å². The topological polar surface area (TPSA) is 77.5 Å². The van der Waals surface area contributed by atoms with Gasteiger partial charge in [0, 0.05) is 11.8 Å². The van der Waals surface area contributed by atoms with Crippen LogP contribution in [-0.4, -0.2) is 32.5 Å². The van der Waals surface area contributed by atoms with Crippen LogP contribution < -0.4 is 0 Å². The Labute approximate surface area is 164 Å². The number of aryl methyl sites for hydroxylation is 3. The fraction of sp³-hybridized carbons (Fsp3) is 0.300. The Morgan fingerprint density at radius 3 is 2.15 bits per heavy atom. The summed E-state index contributed by atoms with van der Waals surface area (Å²) < 4.78 is 28.6. The molecule has 0 N–H and O–H groups in total. The smallest absolute Gasteiger partial charge is 0.340 e. The summed E-state index contributed by atoms with van der Waals surface area (Å²) in [6.07, 6.45) is -0.0173. The molecule has 0 unspecified atom stereocenters. The second kappa shape index (κ2) is 7.82. The van der Waals surface area contributed by atoms with Gasteiger partial charge in [0.05, 0.1) is 15.5 Å². The van der Waals surface area contributed by atoms with Crippen molar-refractivity contribution in [1.29, 1.82) is 0 Å². The lowest BCUT2D eigenvalue weighted by molar-refractivity contribution is 0.0318. The van der Waals surface area contributed by atoms with E-state index in [-0.39, 0.29) is 21.3 Å². The Bertz CT molecular complexity index is 1020. The zero-order valence-corrected chi connectivity index (χ0v) is 17.4. The highest BCUT2D eigenvalue weighted by Crippen LogP contribution is 2.23. The molecule has 0 aromatic heterocycles. The average molecular weight is 409 g/mol. The van der Waals surface area contributed by atoms with E-state index in [2.05, 4.69) is 0 Å². The van der Waals surface area contributed by atoms with Crippen LogP contribution in [0.25, 0.3) is 0 Å². The molecule has 2 rings (SSSR count). The van der Waals surface area contributed by atoms with Crippen LogP contribution >= 0.6 is 11.6 Å². The number of ether oxygens (including phenoxy) is 1. The van der Waals surface area contributed by atoms with E-state index in [1.165, 1.54) is 19.1 Å². The number of hydrogen-bond acceptors (Lipinski definition) is 5. The summed E-state index contributed by atoms with van der Waals surface area (Å²) in [5.41, 5.74) is 3.21. The minimum absolute atomic E-state index is 0.0504. The van der Waals surface area contributed by atoms with Gasteiger partial charge >= 0.3 is 5.97 Å². The minimum Gasteiger partial charge on any atom is -0.451 e. The maximum Gasteiger partial charge on any atom is 0.340 e. The molecule has 144 valence electrons. The summed E-state index contributed by atoms with van der Waals surface area (Å²) in [7, 11) is -3.51. The lowest BCUT2D eigenvalue weighted by Gasteiger charge is -2.16. The van der Waals surface area contributed by atoms with Gasteiger partial charge in [-0.3, -0.25) is 4.79 Å². The van der Waals surface area contributed by atoms with E-state index in [1.807, 2.05) is 26.8 Å². The summed E-state index contributed by atoms with van der Waals surface area (Å²) in [5, 5.41) is 0.0504. The Kier molecular flexibility index (Phi) is 6.12. The van der Waals surface area contributed by atoms with Crippen LogP contribution in [0.2, 0.25) is 5.02 Å². The largest absolute Gasteiger partial charge is 0.451 e. The third-order valence-electron chi connectivity index (χ3n) is 4.35. The summed E-state index contributed by atoms with van der Waals surface area (Å²) in [6, 6.07) is 7.45. The van der Waals surface area contributed by atoms with Gasteiger partial charge < -0.3 is 4.74 Å². The summed E-state index contributed by atoms with van der Waals surface area (Å²) >= 11 is 6.00. The molecule has 0 aliphatic rings. The van der Waals surface area contributed by atoms with Crippen LogP contribution in [0.4, 0.5) is 0 Å². The molecule has 0 bridgehead atoms. The fourth-order valence-corrected chi connectivity index (χ4v) is 3.46. The van der Waals surface area contributed by atoms with Gasteiger partial charge in [-0.05, 0) is 68.7 Å². The summed E-state index contributed by atoms with van der Waals surface area (Å²) in [4.78, 5) is 25.1. The van der Waals surface area contributed by atoms with Crippen LogP contribution in [0, 0.1) is 20.8 Å². The molecule has 2 aromatic carbocycles. The first-order valence-corrected chi connectivity index (χ1v) is 10.5. The number of sulfone groups is 1. The number of carbonyl (C=O) groups is 2. The van der Waals surface area contributed by atoms with Gasteiger partial charge in [-0.15, -0.1) is 0 Å². The van der Waals surface area contributed by atoms with Crippen LogP contribution in [0.15, 0.2) is 35.2 Å². The molecular weight excluding hydrogens is 388 g/mol. The molecule has 0 aliphatic carbocycles. The van der Waals surface area contributed by atoms with Gasteiger partial charge in [-0.1, -0.05) is 17.7 Å². The molecule has 0 spiro atoms. The normalized spacial score (nSPS) is 12.5. The highest BCUT2D eigenvalue weighted by atomic mass is 35.5. The van der Waals surface area contributed by atoms with Gasteiger partial charge in [-0.25, -0.2) is 13.2 Å². The number of hydrogen-bond donors (Lipinski definition) is 0. The number of halogens is 1. The molecule has 0 heterocycles. The number of benzene rings is 2. The fourth-order valence-electron chi connectivity index (χ4n) is 2.61. The Hall–Kier alpha value is -2.18. The number of carbonyl (C=O) groups excluding carboxylic acids is 2. The van der Waals surface area contributed by atoms with E-state index in [9.17, 15) is 18.0 Å². The Morgan fingerprint density at radius 2 is 1.56 bits per heavy atom. The maximum atomic E-state index is 12.7. The van der Waals surface area contributed by atoms with E-state index >= 15 is 0 Å². The second-order valence-corrected chi connectivity index (χ2v) is 9.00. The van der Waals surface area contributed by atoms with E-state index in [4.69, 9.17) is 16.3 Å². The first-order valence-electron chi connectivity index (χ1n) is 8.24. The predicted octanol–water partition coefficient (Wildman–Crippen LogP) is 4.10. The molecule has 1 atom stereocenters. The molecule has 0 amide bonds. The van der Waals surface area contributed by atoms with E-state index in [1.54, 1.807) is 6.07 Å². The highest BCUT2D eigenvalue weighted by molar-refractivity contribution is 7.90. The van der Waals surface area contributed by atoms with Gasteiger partial charge in [0.1, 0.15) is 0 Å². The zero-order chi connectivity index (χ0) is 20.5. The Morgan fingerprint density at radius 1 is 0.963 bits per heavy atom. The quantitative estimate of drug-likeness (QED) is 0.549. The second-order valence-electron chi connectivity index (χ2n) is 6.58. The molecule has 0 aliphatic heterocycles. The first kappa shape index (κ1) is 21.1. The van der Waals surface area contributed by atoms with E-state index < -0.39 is 21.9 Å². The number of esters is 1. The van der Waals surface area contributed by atoms with Crippen molar-refractivity contribution in [2.24, 2.45) is 0 Å². The van der Waals surface area contributed by atoms with Crippen molar-refractivity contribution in [3.63, 3.8) is 0 Å².